The lowest BCUT2D eigenvalue weighted by Crippen LogP contribution is -2.10. The van der Waals surface area contributed by atoms with Crippen LogP contribution in [0.5, 0.6) is 17.2 Å². The second-order valence-corrected chi connectivity index (χ2v) is 5.70. The predicted molar refractivity (Wildman–Crippen MR) is 99.9 cm³/mol. The number of fused-ring (bicyclic) bond motifs is 1. The summed E-state index contributed by atoms with van der Waals surface area (Å²) < 4.78 is 10.2. The third-order valence-electron chi connectivity index (χ3n) is 4.00. The number of pyridine rings is 1. The number of para-hydroxylation sites is 1. The zero-order valence-electron chi connectivity index (χ0n) is 14.8. The highest BCUT2D eigenvalue weighted by Gasteiger charge is 2.06. The Kier molecular flexibility index (Phi) is 4.95. The number of hydrogen-bond acceptors (Lipinski definition) is 6. The third-order valence-corrected chi connectivity index (χ3v) is 4.00. The SMILES string of the molecule is COc1cc(/C=C/c2ccc3cccc(N(C)O)c3n2)cc(OC)c1[O-]. The van der Waals surface area contributed by atoms with E-state index in [-0.39, 0.29) is 17.2 Å². The van der Waals surface area contributed by atoms with Crippen molar-refractivity contribution in [3.8, 4) is 17.2 Å². The molecule has 3 aromatic rings. The van der Waals surface area contributed by atoms with E-state index in [9.17, 15) is 10.3 Å². The van der Waals surface area contributed by atoms with Crippen LogP contribution >= 0.6 is 0 Å². The molecule has 0 amide bonds. The van der Waals surface area contributed by atoms with Crippen LogP contribution in [0.25, 0.3) is 23.1 Å². The van der Waals surface area contributed by atoms with Gasteiger partial charge in [0.15, 0.2) is 0 Å². The maximum atomic E-state index is 12.0. The van der Waals surface area contributed by atoms with E-state index in [1.807, 2.05) is 36.4 Å². The van der Waals surface area contributed by atoms with E-state index in [1.54, 1.807) is 25.2 Å². The van der Waals surface area contributed by atoms with Gasteiger partial charge in [0.25, 0.3) is 0 Å². The van der Waals surface area contributed by atoms with Crippen LogP contribution in [0, 0.1) is 0 Å². The van der Waals surface area contributed by atoms with Crippen LogP contribution in [0.1, 0.15) is 11.3 Å². The van der Waals surface area contributed by atoms with Crippen molar-refractivity contribution < 1.29 is 19.8 Å². The molecule has 0 aliphatic heterocycles. The molecule has 6 nitrogen and oxygen atoms in total. The molecule has 0 aliphatic rings. The quantitative estimate of drug-likeness (QED) is 0.711. The highest BCUT2D eigenvalue weighted by Crippen LogP contribution is 2.35. The van der Waals surface area contributed by atoms with Gasteiger partial charge in [0.2, 0.25) is 0 Å². The molecular weight excluding hydrogens is 332 g/mol. The van der Waals surface area contributed by atoms with Crippen molar-refractivity contribution >= 4 is 28.7 Å². The Hall–Kier alpha value is -3.25. The molecule has 0 radical (unpaired) electrons. The molecule has 26 heavy (non-hydrogen) atoms. The van der Waals surface area contributed by atoms with Gasteiger partial charge in [0, 0.05) is 12.4 Å². The van der Waals surface area contributed by atoms with E-state index in [2.05, 4.69) is 4.98 Å². The van der Waals surface area contributed by atoms with Gasteiger partial charge in [-0.05, 0) is 41.7 Å². The van der Waals surface area contributed by atoms with Gasteiger partial charge in [-0.25, -0.2) is 4.98 Å². The summed E-state index contributed by atoms with van der Waals surface area (Å²) in [4.78, 5) is 4.60. The molecule has 0 aliphatic carbocycles. The van der Waals surface area contributed by atoms with Crippen LogP contribution in [0.4, 0.5) is 5.69 Å². The minimum absolute atomic E-state index is 0.222. The van der Waals surface area contributed by atoms with E-state index < -0.39 is 0 Å². The number of nitrogens with zero attached hydrogens (tertiary/aromatic N) is 2. The molecule has 2 aromatic carbocycles. The lowest BCUT2D eigenvalue weighted by molar-refractivity contribution is -0.271. The van der Waals surface area contributed by atoms with Crippen molar-refractivity contribution in [2.24, 2.45) is 0 Å². The highest BCUT2D eigenvalue weighted by atomic mass is 16.5. The number of hydroxylamine groups is 1. The van der Waals surface area contributed by atoms with Crippen molar-refractivity contribution in [2.45, 2.75) is 0 Å². The Bertz CT molecular complexity index is 942. The van der Waals surface area contributed by atoms with Gasteiger partial charge in [-0.1, -0.05) is 24.3 Å². The zero-order chi connectivity index (χ0) is 18.7. The van der Waals surface area contributed by atoms with E-state index >= 15 is 0 Å². The number of ether oxygens (including phenoxy) is 2. The van der Waals surface area contributed by atoms with Crippen LogP contribution in [-0.2, 0) is 0 Å². The average Bonchev–Trinajstić information content (AvgIpc) is 2.66. The number of anilines is 1. The summed E-state index contributed by atoms with van der Waals surface area (Å²) in [7, 11) is 4.45. The highest BCUT2D eigenvalue weighted by molar-refractivity contribution is 5.91. The third kappa shape index (κ3) is 3.41. The maximum absolute atomic E-state index is 12.0. The van der Waals surface area contributed by atoms with Crippen molar-refractivity contribution in [1.29, 1.82) is 0 Å². The molecule has 134 valence electrons. The summed E-state index contributed by atoms with van der Waals surface area (Å²) in [6, 6.07) is 12.7. The molecule has 1 N–H and O–H groups in total. The fraction of sp³-hybridized carbons (Fsp3) is 0.150. The Balaban J connectivity index is 2.00. The maximum Gasteiger partial charge on any atom is 0.115 e. The monoisotopic (exact) mass is 351 g/mol. The predicted octanol–water partition coefficient (Wildman–Crippen LogP) is 3.32. The fourth-order valence-electron chi connectivity index (χ4n) is 2.68. The summed E-state index contributed by atoms with van der Waals surface area (Å²) in [5, 5.41) is 23.7. The first-order valence-electron chi connectivity index (χ1n) is 7.97. The van der Waals surface area contributed by atoms with E-state index in [1.165, 1.54) is 14.2 Å². The number of methoxy groups -OCH3 is 2. The Morgan fingerprint density at radius 2 is 1.73 bits per heavy atom. The molecule has 0 atom stereocenters. The topological polar surface area (TPSA) is 77.9 Å². The van der Waals surface area contributed by atoms with Crippen molar-refractivity contribution in [1.82, 2.24) is 4.98 Å². The van der Waals surface area contributed by atoms with Crippen molar-refractivity contribution in [3.63, 3.8) is 0 Å². The minimum Gasteiger partial charge on any atom is -0.867 e. The largest absolute Gasteiger partial charge is 0.867 e. The van der Waals surface area contributed by atoms with Crippen LogP contribution in [0.2, 0.25) is 0 Å². The summed E-state index contributed by atoms with van der Waals surface area (Å²) in [6.07, 6.45) is 3.65. The molecule has 1 heterocycles. The lowest BCUT2D eigenvalue weighted by Gasteiger charge is -2.17. The van der Waals surface area contributed by atoms with E-state index in [4.69, 9.17) is 9.47 Å². The number of hydrogen-bond donors (Lipinski definition) is 1. The Morgan fingerprint density at radius 3 is 2.35 bits per heavy atom. The summed E-state index contributed by atoms with van der Waals surface area (Å²) in [6.45, 7) is 0. The smallest absolute Gasteiger partial charge is 0.115 e. The fourth-order valence-corrected chi connectivity index (χ4v) is 2.68. The van der Waals surface area contributed by atoms with E-state index in [0.717, 1.165) is 21.7 Å². The number of benzene rings is 2. The first-order valence-corrected chi connectivity index (χ1v) is 7.97. The zero-order valence-corrected chi connectivity index (χ0v) is 14.8. The normalized spacial score (nSPS) is 11.1. The van der Waals surface area contributed by atoms with Gasteiger partial charge >= 0.3 is 0 Å². The van der Waals surface area contributed by atoms with Gasteiger partial charge in [-0.3, -0.25) is 10.3 Å². The molecule has 0 spiro atoms. The first kappa shape index (κ1) is 17.6. The first-order chi connectivity index (χ1) is 12.5. The molecule has 1 aromatic heterocycles. The summed E-state index contributed by atoms with van der Waals surface area (Å²) >= 11 is 0. The number of rotatable bonds is 5. The van der Waals surface area contributed by atoms with Crippen LogP contribution < -0.4 is 19.6 Å². The Labute approximate surface area is 151 Å². The second-order valence-electron chi connectivity index (χ2n) is 5.70. The van der Waals surface area contributed by atoms with Crippen molar-refractivity contribution in [3.05, 3.63) is 53.7 Å². The second kappa shape index (κ2) is 7.33. The minimum atomic E-state index is -0.286. The standard InChI is InChI=1S/C20H20N2O4/c1-22(24)16-6-4-5-14-8-10-15(21-19(14)16)9-7-13-11-17(25-2)20(23)18(12-13)26-3/h4-12,23-24H,1-3H3/p-1/b9-7+. The number of aromatic nitrogens is 1. The lowest BCUT2D eigenvalue weighted by atomic mass is 10.1. The molecule has 0 bridgehead atoms. The molecule has 0 saturated carbocycles. The molecule has 0 unspecified atom stereocenters. The van der Waals surface area contributed by atoms with Gasteiger partial charge in [-0.15, -0.1) is 0 Å². The molecule has 0 saturated heterocycles. The molecule has 6 heteroatoms. The average molecular weight is 351 g/mol. The van der Waals surface area contributed by atoms with Crippen LogP contribution in [0.15, 0.2) is 42.5 Å². The van der Waals surface area contributed by atoms with Gasteiger partial charge < -0.3 is 14.6 Å². The van der Waals surface area contributed by atoms with Crippen molar-refractivity contribution in [2.75, 3.05) is 26.3 Å². The summed E-state index contributed by atoms with van der Waals surface area (Å²) in [5.41, 5.74) is 2.80. The molecule has 3 rings (SSSR count). The van der Waals surface area contributed by atoms with Gasteiger partial charge in [0.1, 0.15) is 11.5 Å². The van der Waals surface area contributed by atoms with Gasteiger partial charge in [-0.2, -0.15) is 0 Å². The van der Waals surface area contributed by atoms with Crippen LogP contribution in [0.3, 0.4) is 0 Å². The van der Waals surface area contributed by atoms with E-state index in [0.29, 0.717) is 11.2 Å². The molecule has 0 fully saturated rings. The Morgan fingerprint density at radius 1 is 1.04 bits per heavy atom. The van der Waals surface area contributed by atoms with Crippen LogP contribution in [-0.4, -0.2) is 31.5 Å². The summed E-state index contributed by atoms with van der Waals surface area (Å²) in [5.74, 6) is 0.158. The molecular formula is C20H19N2O4-. The van der Waals surface area contributed by atoms with Gasteiger partial charge in [0.05, 0.1) is 31.1 Å².